The number of nitrogens with two attached hydrogens (primary N) is 1. The Morgan fingerprint density at radius 1 is 1.35 bits per heavy atom. The zero-order chi connectivity index (χ0) is 14.9. The lowest BCUT2D eigenvalue weighted by molar-refractivity contribution is -0.139. The van der Waals surface area contributed by atoms with Crippen molar-refractivity contribution >= 4 is 34.9 Å². The highest BCUT2D eigenvalue weighted by Crippen LogP contribution is 2.37. The third-order valence-corrected chi connectivity index (χ3v) is 4.69. The summed E-state index contributed by atoms with van der Waals surface area (Å²) in [4.78, 5) is 37.0. The van der Waals surface area contributed by atoms with E-state index in [1.165, 1.54) is 7.05 Å². The first-order valence-electron chi connectivity index (χ1n) is 6.80. The van der Waals surface area contributed by atoms with Crippen LogP contribution in [0.15, 0.2) is 0 Å². The largest absolute Gasteiger partial charge is 0.392 e. The van der Waals surface area contributed by atoms with E-state index in [9.17, 15) is 14.4 Å². The molecular formula is C13H19N3O3S. The molecule has 1 aliphatic heterocycles. The van der Waals surface area contributed by atoms with Crippen molar-refractivity contribution in [2.45, 2.75) is 44.6 Å². The molecule has 1 atom stereocenters. The van der Waals surface area contributed by atoms with Crippen LogP contribution in [0.4, 0.5) is 0 Å². The fourth-order valence-corrected chi connectivity index (χ4v) is 3.20. The van der Waals surface area contributed by atoms with Crippen LogP contribution in [0.5, 0.6) is 0 Å². The molecule has 6 nitrogen and oxygen atoms in total. The van der Waals surface area contributed by atoms with Crippen molar-refractivity contribution in [3.63, 3.8) is 0 Å². The molecule has 0 aromatic rings. The van der Waals surface area contributed by atoms with Gasteiger partial charge >= 0.3 is 0 Å². The molecule has 20 heavy (non-hydrogen) atoms. The van der Waals surface area contributed by atoms with E-state index in [1.54, 1.807) is 0 Å². The van der Waals surface area contributed by atoms with E-state index < -0.39 is 11.5 Å². The second kappa shape index (κ2) is 5.47. The average molecular weight is 297 g/mol. The Kier molecular flexibility index (Phi) is 4.08. The standard InChI is InChI=1S/C13H19N3O3S/c1-16-9(17)7-8(10(16)18)15-12(19)13(11(14)20)5-3-2-4-6-13/h8H,2-7H2,1H3,(H2,14,20)(H,15,19). The molecule has 110 valence electrons. The molecule has 0 spiro atoms. The minimum absolute atomic E-state index is 0.00842. The van der Waals surface area contributed by atoms with Crippen LogP contribution in [0, 0.1) is 5.41 Å². The molecule has 7 heteroatoms. The van der Waals surface area contributed by atoms with Crippen molar-refractivity contribution in [1.29, 1.82) is 0 Å². The molecule has 1 unspecified atom stereocenters. The van der Waals surface area contributed by atoms with Crippen molar-refractivity contribution in [1.82, 2.24) is 10.2 Å². The van der Waals surface area contributed by atoms with Gasteiger partial charge in [0.2, 0.25) is 11.8 Å². The van der Waals surface area contributed by atoms with Crippen molar-refractivity contribution in [2.75, 3.05) is 7.05 Å². The molecule has 1 saturated heterocycles. The lowest BCUT2D eigenvalue weighted by Gasteiger charge is -2.35. The number of hydrogen-bond donors (Lipinski definition) is 2. The van der Waals surface area contributed by atoms with E-state index in [4.69, 9.17) is 18.0 Å². The number of nitrogens with one attached hydrogen (secondary N) is 1. The van der Waals surface area contributed by atoms with E-state index in [2.05, 4.69) is 5.32 Å². The summed E-state index contributed by atoms with van der Waals surface area (Å²) in [6, 6.07) is -0.784. The average Bonchev–Trinajstić information content (AvgIpc) is 2.67. The van der Waals surface area contributed by atoms with Crippen LogP contribution in [0.1, 0.15) is 38.5 Å². The Bertz CT molecular complexity index is 471. The van der Waals surface area contributed by atoms with Gasteiger partial charge in [0.1, 0.15) is 6.04 Å². The summed E-state index contributed by atoms with van der Waals surface area (Å²) < 4.78 is 0. The second-order valence-corrected chi connectivity index (χ2v) is 5.97. The number of hydrogen-bond acceptors (Lipinski definition) is 4. The van der Waals surface area contributed by atoms with Crippen LogP contribution in [-0.2, 0) is 14.4 Å². The third kappa shape index (κ3) is 2.42. The molecule has 0 radical (unpaired) electrons. The van der Waals surface area contributed by atoms with Gasteiger partial charge in [-0.3, -0.25) is 19.3 Å². The molecule has 3 amide bonds. The zero-order valence-corrected chi connectivity index (χ0v) is 12.3. The van der Waals surface area contributed by atoms with Gasteiger partial charge in [0, 0.05) is 7.05 Å². The quantitative estimate of drug-likeness (QED) is 0.569. The predicted octanol–water partition coefficient (Wildman–Crippen LogP) is 0.0965. The number of rotatable bonds is 3. The fraction of sp³-hybridized carbons (Fsp3) is 0.692. The lowest BCUT2D eigenvalue weighted by atomic mass is 9.73. The normalized spacial score (nSPS) is 25.6. The SMILES string of the molecule is CN1C(=O)CC(NC(=O)C2(C(N)=S)CCCCC2)C1=O. The number of likely N-dealkylation sites (tertiary alicyclic amines) is 1. The van der Waals surface area contributed by atoms with E-state index in [-0.39, 0.29) is 29.1 Å². The Morgan fingerprint density at radius 2 is 1.95 bits per heavy atom. The number of likely N-dealkylation sites (N-methyl/N-ethyl adjacent to an activating group) is 1. The Morgan fingerprint density at radius 3 is 2.40 bits per heavy atom. The monoisotopic (exact) mass is 297 g/mol. The van der Waals surface area contributed by atoms with Crippen LogP contribution in [-0.4, -0.2) is 40.7 Å². The molecule has 1 aliphatic carbocycles. The summed E-state index contributed by atoms with van der Waals surface area (Å²) in [5.74, 6) is -0.975. The van der Waals surface area contributed by atoms with Gasteiger partial charge in [-0.1, -0.05) is 31.5 Å². The minimum atomic E-state index is -0.863. The van der Waals surface area contributed by atoms with Gasteiger partial charge in [0.15, 0.2) is 0 Å². The number of carbonyl (C=O) groups is 3. The first-order valence-corrected chi connectivity index (χ1v) is 7.20. The lowest BCUT2D eigenvalue weighted by Crippen LogP contribution is -2.53. The van der Waals surface area contributed by atoms with E-state index in [0.29, 0.717) is 12.8 Å². The molecule has 2 aliphatic rings. The van der Waals surface area contributed by atoms with Crippen LogP contribution >= 0.6 is 12.2 Å². The highest BCUT2D eigenvalue weighted by atomic mass is 32.1. The highest BCUT2D eigenvalue weighted by molar-refractivity contribution is 7.80. The minimum Gasteiger partial charge on any atom is -0.392 e. The van der Waals surface area contributed by atoms with Gasteiger partial charge in [-0.05, 0) is 12.8 Å². The molecule has 3 N–H and O–H groups in total. The van der Waals surface area contributed by atoms with Crippen LogP contribution in [0.3, 0.4) is 0 Å². The van der Waals surface area contributed by atoms with Crippen LogP contribution in [0.2, 0.25) is 0 Å². The maximum absolute atomic E-state index is 12.5. The number of thiocarbonyl (C=S) groups is 1. The molecule has 0 bridgehead atoms. The maximum atomic E-state index is 12.5. The molecule has 0 aromatic carbocycles. The number of carbonyl (C=O) groups excluding carboxylic acids is 3. The van der Waals surface area contributed by atoms with Crippen LogP contribution < -0.4 is 11.1 Å². The Hall–Kier alpha value is -1.50. The Balaban J connectivity index is 2.12. The molecule has 0 aromatic heterocycles. The van der Waals surface area contributed by atoms with E-state index in [1.807, 2.05) is 0 Å². The second-order valence-electron chi connectivity index (χ2n) is 5.53. The summed E-state index contributed by atoms with van der Waals surface area (Å²) in [6.45, 7) is 0. The van der Waals surface area contributed by atoms with Gasteiger partial charge in [-0.2, -0.15) is 0 Å². The topological polar surface area (TPSA) is 92.5 Å². The summed E-state index contributed by atoms with van der Waals surface area (Å²) in [6.07, 6.45) is 4.07. The third-order valence-electron chi connectivity index (χ3n) is 4.30. The Labute approximate surface area is 123 Å². The van der Waals surface area contributed by atoms with Gasteiger partial charge in [0.05, 0.1) is 16.8 Å². The molecule has 1 saturated carbocycles. The highest BCUT2D eigenvalue weighted by Gasteiger charge is 2.45. The van der Waals surface area contributed by atoms with E-state index >= 15 is 0 Å². The molecule has 2 rings (SSSR count). The fourth-order valence-electron chi connectivity index (χ4n) is 2.91. The van der Waals surface area contributed by atoms with Crippen molar-refractivity contribution < 1.29 is 14.4 Å². The van der Waals surface area contributed by atoms with Gasteiger partial charge in [-0.15, -0.1) is 0 Å². The van der Waals surface area contributed by atoms with Gasteiger partial charge in [-0.25, -0.2) is 0 Å². The summed E-state index contributed by atoms with van der Waals surface area (Å²) in [5, 5.41) is 2.66. The predicted molar refractivity (Wildman–Crippen MR) is 76.6 cm³/mol. The molecular weight excluding hydrogens is 278 g/mol. The van der Waals surface area contributed by atoms with E-state index in [0.717, 1.165) is 24.2 Å². The van der Waals surface area contributed by atoms with Crippen molar-refractivity contribution in [2.24, 2.45) is 11.1 Å². The smallest absolute Gasteiger partial charge is 0.252 e. The first kappa shape index (κ1) is 14.9. The first-order chi connectivity index (χ1) is 9.38. The molecule has 1 heterocycles. The summed E-state index contributed by atoms with van der Waals surface area (Å²) in [7, 11) is 1.42. The maximum Gasteiger partial charge on any atom is 0.252 e. The van der Waals surface area contributed by atoms with Gasteiger partial charge < -0.3 is 11.1 Å². The number of amides is 3. The summed E-state index contributed by atoms with van der Waals surface area (Å²) in [5.41, 5.74) is 4.91. The van der Waals surface area contributed by atoms with Crippen molar-refractivity contribution in [3.05, 3.63) is 0 Å². The zero-order valence-electron chi connectivity index (χ0n) is 11.5. The molecule has 2 fully saturated rings. The summed E-state index contributed by atoms with van der Waals surface area (Å²) >= 11 is 5.08. The van der Waals surface area contributed by atoms with Crippen LogP contribution in [0.25, 0.3) is 0 Å². The number of nitrogens with zero attached hydrogens (tertiary/aromatic N) is 1. The van der Waals surface area contributed by atoms with Crippen molar-refractivity contribution in [3.8, 4) is 0 Å². The van der Waals surface area contributed by atoms with Gasteiger partial charge in [0.25, 0.3) is 5.91 Å². The number of imide groups is 1.